The van der Waals surface area contributed by atoms with Gasteiger partial charge in [-0.1, -0.05) is 167 Å². The SMILES string of the molecule is CCCCCCCCCCCCCCCCC(C(=O)O)C(=O)CCCCCCCCCCCCCCCC(=O)C(O)CO. The van der Waals surface area contributed by atoms with E-state index >= 15 is 0 Å². The number of aliphatic carboxylic acids is 1. The number of aliphatic hydroxyl groups is 2. The number of unbranched alkanes of at least 4 members (excludes halogenated alkanes) is 25. The van der Waals surface area contributed by atoms with Crippen LogP contribution in [0.1, 0.15) is 200 Å². The van der Waals surface area contributed by atoms with Crippen molar-refractivity contribution in [2.24, 2.45) is 5.92 Å². The Hall–Kier alpha value is -1.27. The van der Waals surface area contributed by atoms with E-state index in [4.69, 9.17) is 5.11 Å². The first-order valence-corrected chi connectivity index (χ1v) is 18.5. The summed E-state index contributed by atoms with van der Waals surface area (Å²) < 4.78 is 0. The van der Waals surface area contributed by atoms with E-state index in [2.05, 4.69) is 6.92 Å². The highest BCUT2D eigenvalue weighted by Gasteiger charge is 2.24. The molecule has 0 saturated heterocycles. The summed E-state index contributed by atoms with van der Waals surface area (Å²) in [4.78, 5) is 35.6. The highest BCUT2D eigenvalue weighted by molar-refractivity contribution is 5.98. The Morgan fingerprint density at radius 1 is 0.465 bits per heavy atom. The van der Waals surface area contributed by atoms with Crippen molar-refractivity contribution in [3.63, 3.8) is 0 Å². The molecule has 0 saturated carbocycles. The van der Waals surface area contributed by atoms with E-state index < -0.39 is 24.6 Å². The Kier molecular flexibility index (Phi) is 31.2. The minimum atomic E-state index is -1.21. The van der Waals surface area contributed by atoms with Crippen molar-refractivity contribution in [3.05, 3.63) is 0 Å². The molecule has 0 amide bonds. The lowest BCUT2D eigenvalue weighted by Gasteiger charge is -2.11. The van der Waals surface area contributed by atoms with Crippen molar-refractivity contribution in [3.8, 4) is 0 Å². The van der Waals surface area contributed by atoms with Gasteiger partial charge in [-0.3, -0.25) is 14.4 Å². The predicted molar refractivity (Wildman–Crippen MR) is 178 cm³/mol. The average molecular weight is 611 g/mol. The molecule has 2 atom stereocenters. The number of carbonyl (C=O) groups excluding carboxylic acids is 2. The van der Waals surface area contributed by atoms with Gasteiger partial charge in [0.1, 0.15) is 17.8 Å². The number of Topliss-reactive ketones (excluding diaryl/α,β-unsaturated/α-hetero) is 2. The summed E-state index contributed by atoms with van der Waals surface area (Å²) in [5, 5.41) is 27.6. The van der Waals surface area contributed by atoms with E-state index in [1.807, 2.05) is 0 Å². The molecule has 6 nitrogen and oxygen atoms in total. The van der Waals surface area contributed by atoms with Crippen molar-refractivity contribution in [2.75, 3.05) is 6.61 Å². The Bertz CT molecular complexity index is 649. The number of carboxylic acid groups (broad SMARTS) is 1. The van der Waals surface area contributed by atoms with Crippen LogP contribution < -0.4 is 0 Å². The second-order valence-corrected chi connectivity index (χ2v) is 13.0. The Morgan fingerprint density at radius 2 is 0.767 bits per heavy atom. The summed E-state index contributed by atoms with van der Waals surface area (Å²) in [6.07, 6.45) is 32.3. The summed E-state index contributed by atoms with van der Waals surface area (Å²) in [6, 6.07) is 0. The van der Waals surface area contributed by atoms with E-state index in [9.17, 15) is 24.6 Å². The van der Waals surface area contributed by atoms with E-state index in [0.29, 0.717) is 19.3 Å². The second-order valence-electron chi connectivity index (χ2n) is 13.0. The lowest BCUT2D eigenvalue weighted by atomic mass is 9.93. The van der Waals surface area contributed by atoms with Crippen LogP contribution in [0.5, 0.6) is 0 Å². The summed E-state index contributed by atoms with van der Waals surface area (Å²) in [7, 11) is 0. The molecule has 43 heavy (non-hydrogen) atoms. The molecule has 6 heteroatoms. The number of hydrogen-bond acceptors (Lipinski definition) is 5. The standard InChI is InChI=1S/C37H70O6/c1-2-3-4-5-6-7-8-9-11-14-17-20-23-26-29-33(37(42)43)34(39)30-27-24-21-18-15-12-10-13-16-19-22-25-28-31-35(40)36(41)32-38/h33,36,38,41H,2-32H2,1H3,(H,42,43). The molecule has 0 aromatic heterocycles. The number of carbonyl (C=O) groups is 3. The van der Waals surface area contributed by atoms with Gasteiger partial charge in [-0.25, -0.2) is 0 Å². The van der Waals surface area contributed by atoms with Gasteiger partial charge >= 0.3 is 5.97 Å². The van der Waals surface area contributed by atoms with Crippen molar-refractivity contribution in [1.82, 2.24) is 0 Å². The van der Waals surface area contributed by atoms with Crippen LogP contribution in [-0.4, -0.2) is 45.6 Å². The van der Waals surface area contributed by atoms with Gasteiger partial charge in [0.2, 0.25) is 0 Å². The van der Waals surface area contributed by atoms with E-state index in [1.54, 1.807) is 0 Å². The molecule has 254 valence electrons. The van der Waals surface area contributed by atoms with Crippen LogP contribution in [0.4, 0.5) is 0 Å². The van der Waals surface area contributed by atoms with E-state index in [1.165, 1.54) is 116 Å². The second kappa shape index (κ2) is 32.1. The minimum Gasteiger partial charge on any atom is -0.481 e. The number of carboxylic acids is 1. The summed E-state index contributed by atoms with van der Waals surface area (Å²) in [6.45, 7) is 1.78. The number of ketones is 2. The Balaban J connectivity index is 3.55. The van der Waals surface area contributed by atoms with Crippen LogP contribution in [-0.2, 0) is 14.4 Å². The fourth-order valence-electron chi connectivity index (χ4n) is 5.95. The highest BCUT2D eigenvalue weighted by Crippen LogP contribution is 2.19. The fraction of sp³-hybridized carbons (Fsp3) is 0.919. The van der Waals surface area contributed by atoms with Gasteiger partial charge in [-0.15, -0.1) is 0 Å². The topological polar surface area (TPSA) is 112 Å². The normalized spacial score (nSPS) is 12.8. The maximum atomic E-state index is 12.5. The van der Waals surface area contributed by atoms with Crippen molar-refractivity contribution < 1.29 is 29.7 Å². The third-order valence-corrected chi connectivity index (χ3v) is 8.92. The fourth-order valence-corrected chi connectivity index (χ4v) is 5.95. The zero-order valence-corrected chi connectivity index (χ0v) is 28.1. The monoisotopic (exact) mass is 611 g/mol. The molecular formula is C37H70O6. The maximum absolute atomic E-state index is 12.5. The molecule has 0 heterocycles. The molecule has 0 radical (unpaired) electrons. The molecule has 0 aromatic rings. The van der Waals surface area contributed by atoms with Crippen molar-refractivity contribution in [2.45, 2.75) is 206 Å². The van der Waals surface area contributed by atoms with Gasteiger partial charge in [0, 0.05) is 12.8 Å². The minimum absolute atomic E-state index is 0.0726. The van der Waals surface area contributed by atoms with Crippen molar-refractivity contribution >= 4 is 17.5 Å². The van der Waals surface area contributed by atoms with Crippen LogP contribution in [0.3, 0.4) is 0 Å². The third-order valence-electron chi connectivity index (χ3n) is 8.92. The van der Waals surface area contributed by atoms with Gasteiger partial charge in [-0.05, 0) is 19.3 Å². The summed E-state index contributed by atoms with van der Waals surface area (Å²) in [5.41, 5.74) is 0. The van der Waals surface area contributed by atoms with Crippen molar-refractivity contribution in [1.29, 1.82) is 0 Å². The van der Waals surface area contributed by atoms with Crippen LogP contribution in [0, 0.1) is 5.92 Å². The number of hydrogen-bond donors (Lipinski definition) is 3. The molecule has 0 aliphatic rings. The summed E-state index contributed by atoms with van der Waals surface area (Å²) in [5.74, 6) is -2.07. The third kappa shape index (κ3) is 28.0. The molecule has 2 unspecified atom stereocenters. The molecule has 0 aliphatic carbocycles. The van der Waals surface area contributed by atoms with E-state index in [-0.39, 0.29) is 11.6 Å². The van der Waals surface area contributed by atoms with Crippen LogP contribution in [0.2, 0.25) is 0 Å². The highest BCUT2D eigenvalue weighted by atomic mass is 16.4. The molecule has 0 rings (SSSR count). The molecule has 0 fully saturated rings. The number of aliphatic hydroxyl groups excluding tert-OH is 2. The van der Waals surface area contributed by atoms with E-state index in [0.717, 1.165) is 57.8 Å². The van der Waals surface area contributed by atoms with Gasteiger partial charge in [0.15, 0.2) is 5.78 Å². The van der Waals surface area contributed by atoms with Crippen LogP contribution >= 0.6 is 0 Å². The zero-order valence-electron chi connectivity index (χ0n) is 28.1. The van der Waals surface area contributed by atoms with Gasteiger partial charge < -0.3 is 15.3 Å². The number of rotatable bonds is 35. The first kappa shape index (κ1) is 41.7. The zero-order chi connectivity index (χ0) is 31.8. The van der Waals surface area contributed by atoms with Crippen LogP contribution in [0.15, 0.2) is 0 Å². The predicted octanol–water partition coefficient (Wildman–Crippen LogP) is 9.90. The van der Waals surface area contributed by atoms with Gasteiger partial charge in [0.25, 0.3) is 0 Å². The molecule has 3 N–H and O–H groups in total. The molecule has 0 bridgehead atoms. The quantitative estimate of drug-likeness (QED) is 0.0486. The molecule has 0 spiro atoms. The summed E-state index contributed by atoms with van der Waals surface area (Å²) >= 11 is 0. The largest absolute Gasteiger partial charge is 0.481 e. The van der Waals surface area contributed by atoms with Gasteiger partial charge in [0.05, 0.1) is 6.61 Å². The van der Waals surface area contributed by atoms with Crippen LogP contribution in [0.25, 0.3) is 0 Å². The Morgan fingerprint density at radius 3 is 1.09 bits per heavy atom. The first-order valence-electron chi connectivity index (χ1n) is 18.5. The first-order chi connectivity index (χ1) is 20.9. The lowest BCUT2D eigenvalue weighted by molar-refractivity contribution is -0.146. The smallest absolute Gasteiger partial charge is 0.314 e. The Labute approximate surface area is 265 Å². The lowest BCUT2D eigenvalue weighted by Crippen LogP contribution is -2.23. The molecule has 0 aromatic carbocycles. The van der Waals surface area contributed by atoms with Gasteiger partial charge in [-0.2, -0.15) is 0 Å². The molecular weight excluding hydrogens is 540 g/mol. The average Bonchev–Trinajstić information content (AvgIpc) is 3.00. The maximum Gasteiger partial charge on any atom is 0.314 e. The molecule has 0 aliphatic heterocycles.